The van der Waals surface area contributed by atoms with Crippen LogP contribution in [0.4, 0.5) is 0 Å². The normalized spacial score (nSPS) is 10.6. The number of hydrogen-bond acceptors (Lipinski definition) is 4. The largest absolute Gasteiger partial charge is 0.396 e. The number of aromatic nitrogens is 1. The molecule has 0 bridgehead atoms. The Morgan fingerprint density at radius 2 is 2.29 bits per heavy atom. The van der Waals surface area contributed by atoms with Gasteiger partial charge >= 0.3 is 0 Å². The van der Waals surface area contributed by atoms with E-state index in [9.17, 15) is 4.79 Å². The Bertz CT molecular complexity index is 367. The second-order valence-corrected chi connectivity index (χ2v) is 4.07. The molecule has 2 N–H and O–H groups in total. The molecule has 0 saturated heterocycles. The molecule has 1 aromatic rings. The molecule has 1 heterocycles. The molecule has 0 spiro atoms. The van der Waals surface area contributed by atoms with Gasteiger partial charge in [0.15, 0.2) is 0 Å². The fourth-order valence-corrected chi connectivity index (χ4v) is 1.37. The van der Waals surface area contributed by atoms with Crippen LogP contribution in [0.3, 0.4) is 0 Å². The number of amides is 1. The fraction of sp³-hybridized carbons (Fsp3) is 0.500. The van der Waals surface area contributed by atoms with Crippen LogP contribution < -0.4 is 5.32 Å². The lowest BCUT2D eigenvalue weighted by Gasteiger charge is -2.10. The Balaban J connectivity index is 2.53. The van der Waals surface area contributed by atoms with Crippen molar-refractivity contribution in [1.82, 2.24) is 15.2 Å². The number of carbonyl (C=O) groups excluding carboxylic acids is 1. The highest BCUT2D eigenvalue weighted by molar-refractivity contribution is 5.94. The highest BCUT2D eigenvalue weighted by Crippen LogP contribution is 2.02. The van der Waals surface area contributed by atoms with Gasteiger partial charge in [-0.05, 0) is 26.2 Å². The Morgan fingerprint density at radius 1 is 1.53 bits per heavy atom. The summed E-state index contributed by atoms with van der Waals surface area (Å²) in [5.74, 6) is -0.103. The number of rotatable bonds is 6. The van der Waals surface area contributed by atoms with E-state index < -0.39 is 0 Å². The fourth-order valence-electron chi connectivity index (χ4n) is 1.37. The van der Waals surface area contributed by atoms with E-state index >= 15 is 0 Å². The van der Waals surface area contributed by atoms with E-state index in [1.165, 1.54) is 0 Å². The van der Waals surface area contributed by atoms with Crippen LogP contribution in [0.1, 0.15) is 16.1 Å². The molecule has 0 aliphatic heterocycles. The first-order valence-corrected chi connectivity index (χ1v) is 5.62. The van der Waals surface area contributed by atoms with E-state index in [4.69, 9.17) is 5.11 Å². The molecule has 1 rings (SSSR count). The van der Waals surface area contributed by atoms with Gasteiger partial charge in [0, 0.05) is 43.6 Å². The third-order valence-corrected chi connectivity index (χ3v) is 2.29. The molecule has 0 aliphatic rings. The summed E-state index contributed by atoms with van der Waals surface area (Å²) in [5.41, 5.74) is 1.31. The highest BCUT2D eigenvalue weighted by atomic mass is 16.3. The zero-order chi connectivity index (χ0) is 12.7. The SMILES string of the molecule is CN(C)CCNC(=O)c1ccnc(CCO)c1. The van der Waals surface area contributed by atoms with Gasteiger partial charge in [-0.15, -0.1) is 0 Å². The van der Waals surface area contributed by atoms with Crippen molar-refractivity contribution in [3.63, 3.8) is 0 Å². The summed E-state index contributed by atoms with van der Waals surface area (Å²) in [5, 5.41) is 11.6. The average Bonchev–Trinajstić information content (AvgIpc) is 2.29. The molecule has 0 radical (unpaired) electrons. The number of aliphatic hydroxyl groups excluding tert-OH is 1. The van der Waals surface area contributed by atoms with Crippen LogP contribution in [0.2, 0.25) is 0 Å². The quantitative estimate of drug-likeness (QED) is 0.725. The molecule has 0 saturated carbocycles. The summed E-state index contributed by atoms with van der Waals surface area (Å²) in [6.45, 7) is 1.46. The molecule has 0 aliphatic carbocycles. The zero-order valence-corrected chi connectivity index (χ0v) is 10.3. The van der Waals surface area contributed by atoms with Crippen molar-refractivity contribution in [2.45, 2.75) is 6.42 Å². The molecule has 0 unspecified atom stereocenters. The standard InChI is InChI=1S/C12H19N3O2/c1-15(2)7-6-14-12(17)10-3-5-13-11(9-10)4-8-16/h3,5,9,16H,4,6-8H2,1-2H3,(H,14,17). The van der Waals surface area contributed by atoms with Gasteiger partial charge in [-0.25, -0.2) is 0 Å². The van der Waals surface area contributed by atoms with Crippen LogP contribution in [0.5, 0.6) is 0 Å². The predicted molar refractivity (Wildman–Crippen MR) is 65.9 cm³/mol. The number of carbonyl (C=O) groups is 1. The van der Waals surface area contributed by atoms with Crippen molar-refractivity contribution in [2.24, 2.45) is 0 Å². The molecule has 5 heteroatoms. The molecule has 0 atom stereocenters. The van der Waals surface area contributed by atoms with Crippen LogP contribution >= 0.6 is 0 Å². The second-order valence-electron chi connectivity index (χ2n) is 4.07. The first kappa shape index (κ1) is 13.6. The zero-order valence-electron chi connectivity index (χ0n) is 10.3. The Labute approximate surface area is 101 Å². The van der Waals surface area contributed by atoms with Crippen LogP contribution in [-0.4, -0.2) is 54.7 Å². The van der Waals surface area contributed by atoms with Gasteiger partial charge in [-0.1, -0.05) is 0 Å². The summed E-state index contributed by atoms with van der Waals surface area (Å²) in [6.07, 6.45) is 2.06. The van der Waals surface area contributed by atoms with Crippen LogP contribution in [0.15, 0.2) is 18.3 Å². The first-order chi connectivity index (χ1) is 8.13. The predicted octanol–water partition coefficient (Wildman–Crippen LogP) is -0.0922. The maximum Gasteiger partial charge on any atom is 0.251 e. The van der Waals surface area contributed by atoms with Gasteiger partial charge < -0.3 is 15.3 Å². The van der Waals surface area contributed by atoms with Gasteiger partial charge in [0.05, 0.1) is 0 Å². The number of likely N-dealkylation sites (N-methyl/N-ethyl adjacent to an activating group) is 1. The molecule has 5 nitrogen and oxygen atoms in total. The Kier molecular flexibility index (Phi) is 5.59. The lowest BCUT2D eigenvalue weighted by molar-refractivity contribution is 0.0950. The van der Waals surface area contributed by atoms with E-state index in [-0.39, 0.29) is 12.5 Å². The maximum atomic E-state index is 11.8. The molecule has 1 aromatic heterocycles. The lowest BCUT2D eigenvalue weighted by Crippen LogP contribution is -2.31. The van der Waals surface area contributed by atoms with Crippen molar-refractivity contribution >= 4 is 5.91 Å². The number of hydrogen-bond donors (Lipinski definition) is 2. The summed E-state index contributed by atoms with van der Waals surface area (Å²) in [7, 11) is 3.91. The van der Waals surface area contributed by atoms with Gasteiger partial charge in [0.1, 0.15) is 0 Å². The minimum absolute atomic E-state index is 0.0404. The van der Waals surface area contributed by atoms with Crippen molar-refractivity contribution < 1.29 is 9.90 Å². The van der Waals surface area contributed by atoms with E-state index in [2.05, 4.69) is 10.3 Å². The minimum Gasteiger partial charge on any atom is -0.396 e. The van der Waals surface area contributed by atoms with E-state index in [0.29, 0.717) is 18.5 Å². The van der Waals surface area contributed by atoms with Crippen LogP contribution in [0.25, 0.3) is 0 Å². The van der Waals surface area contributed by atoms with Crippen LogP contribution in [-0.2, 0) is 6.42 Å². The number of nitrogens with zero attached hydrogens (tertiary/aromatic N) is 2. The molecular formula is C12H19N3O2. The maximum absolute atomic E-state index is 11.8. The average molecular weight is 237 g/mol. The van der Waals surface area contributed by atoms with E-state index in [0.717, 1.165) is 12.2 Å². The lowest BCUT2D eigenvalue weighted by atomic mass is 10.2. The van der Waals surface area contributed by atoms with Crippen molar-refractivity contribution in [3.8, 4) is 0 Å². The topological polar surface area (TPSA) is 65.5 Å². The first-order valence-electron chi connectivity index (χ1n) is 5.62. The highest BCUT2D eigenvalue weighted by Gasteiger charge is 2.06. The number of nitrogens with one attached hydrogen (secondary N) is 1. The van der Waals surface area contributed by atoms with Gasteiger partial charge in [0.25, 0.3) is 5.91 Å². The third-order valence-electron chi connectivity index (χ3n) is 2.29. The minimum atomic E-state index is -0.103. The number of aliphatic hydroxyl groups is 1. The smallest absolute Gasteiger partial charge is 0.251 e. The second kappa shape index (κ2) is 6.98. The third kappa shape index (κ3) is 4.93. The van der Waals surface area contributed by atoms with Gasteiger partial charge in [-0.2, -0.15) is 0 Å². The Morgan fingerprint density at radius 3 is 2.94 bits per heavy atom. The summed E-state index contributed by atoms with van der Waals surface area (Å²) < 4.78 is 0. The van der Waals surface area contributed by atoms with Crippen LogP contribution in [0, 0.1) is 0 Å². The Hall–Kier alpha value is -1.46. The van der Waals surface area contributed by atoms with Gasteiger partial charge in [-0.3, -0.25) is 9.78 Å². The molecule has 94 valence electrons. The van der Waals surface area contributed by atoms with E-state index in [1.807, 2.05) is 19.0 Å². The molecule has 1 amide bonds. The molecular weight excluding hydrogens is 218 g/mol. The van der Waals surface area contributed by atoms with Crippen molar-refractivity contribution in [2.75, 3.05) is 33.8 Å². The summed E-state index contributed by atoms with van der Waals surface area (Å²) >= 11 is 0. The van der Waals surface area contributed by atoms with E-state index in [1.54, 1.807) is 18.3 Å². The monoisotopic (exact) mass is 237 g/mol. The molecule has 0 aromatic carbocycles. The summed E-state index contributed by atoms with van der Waals surface area (Å²) in [6, 6.07) is 3.38. The molecule has 17 heavy (non-hydrogen) atoms. The molecule has 0 fully saturated rings. The van der Waals surface area contributed by atoms with Crippen molar-refractivity contribution in [3.05, 3.63) is 29.6 Å². The van der Waals surface area contributed by atoms with Crippen molar-refractivity contribution in [1.29, 1.82) is 0 Å². The number of pyridine rings is 1. The summed E-state index contributed by atoms with van der Waals surface area (Å²) in [4.78, 5) is 17.8. The van der Waals surface area contributed by atoms with Gasteiger partial charge in [0.2, 0.25) is 0 Å².